The summed E-state index contributed by atoms with van der Waals surface area (Å²) < 4.78 is 0. The predicted octanol–water partition coefficient (Wildman–Crippen LogP) is 2.30. The Morgan fingerprint density at radius 1 is 1.27 bits per heavy atom. The summed E-state index contributed by atoms with van der Waals surface area (Å²) in [5, 5.41) is 10.0. The molecule has 0 radical (unpaired) electrons. The van der Waals surface area contributed by atoms with Gasteiger partial charge in [-0.25, -0.2) is 4.98 Å². The van der Waals surface area contributed by atoms with Crippen molar-refractivity contribution < 1.29 is 5.11 Å². The lowest BCUT2D eigenvalue weighted by atomic mass is 9.93. The molecule has 0 atom stereocenters. The van der Waals surface area contributed by atoms with Crippen LogP contribution in [0.1, 0.15) is 19.4 Å². The maximum atomic E-state index is 10.0. The second kappa shape index (κ2) is 3.51. The van der Waals surface area contributed by atoms with Gasteiger partial charge in [-0.1, -0.05) is 24.3 Å². The highest BCUT2D eigenvalue weighted by molar-refractivity contribution is 5.61. The van der Waals surface area contributed by atoms with Gasteiger partial charge in [-0.05, 0) is 19.4 Å². The number of aromatic nitrogens is 2. The molecule has 0 aliphatic carbocycles. The van der Waals surface area contributed by atoms with Crippen molar-refractivity contribution in [1.82, 2.24) is 9.97 Å². The molecule has 0 unspecified atom stereocenters. The minimum atomic E-state index is -0.858. The van der Waals surface area contributed by atoms with E-state index in [1.54, 1.807) is 26.2 Å². The van der Waals surface area contributed by atoms with Crippen LogP contribution in [-0.4, -0.2) is 15.1 Å². The number of nitrogens with one attached hydrogen (secondary N) is 1. The molecule has 2 N–H and O–H groups in total. The van der Waals surface area contributed by atoms with Gasteiger partial charge in [0.05, 0.1) is 5.60 Å². The van der Waals surface area contributed by atoms with Crippen LogP contribution < -0.4 is 0 Å². The van der Waals surface area contributed by atoms with Crippen molar-refractivity contribution in [2.45, 2.75) is 19.4 Å². The molecule has 2 rings (SSSR count). The number of hydrogen-bond donors (Lipinski definition) is 2. The summed E-state index contributed by atoms with van der Waals surface area (Å²) in [6, 6.07) is 7.72. The fourth-order valence-electron chi connectivity index (χ4n) is 1.64. The molecule has 0 bridgehead atoms. The zero-order valence-corrected chi connectivity index (χ0v) is 8.86. The highest BCUT2D eigenvalue weighted by atomic mass is 16.3. The number of rotatable bonds is 2. The maximum absolute atomic E-state index is 10.0. The summed E-state index contributed by atoms with van der Waals surface area (Å²) in [5.41, 5.74) is 0.957. The van der Waals surface area contributed by atoms with E-state index in [4.69, 9.17) is 0 Å². The molecule has 0 aliphatic heterocycles. The van der Waals surface area contributed by atoms with Crippen LogP contribution in [0.15, 0.2) is 36.7 Å². The number of imidazole rings is 1. The number of benzene rings is 1. The molecule has 1 heterocycles. The zero-order chi connectivity index (χ0) is 10.9. The van der Waals surface area contributed by atoms with Crippen LogP contribution in [-0.2, 0) is 5.60 Å². The molecular weight excluding hydrogens is 188 g/mol. The lowest BCUT2D eigenvalue weighted by Crippen LogP contribution is -2.16. The fourth-order valence-corrected chi connectivity index (χ4v) is 1.64. The molecule has 78 valence electrons. The highest BCUT2D eigenvalue weighted by Gasteiger charge is 2.20. The van der Waals surface area contributed by atoms with Crippen LogP contribution >= 0.6 is 0 Å². The van der Waals surface area contributed by atoms with Crippen molar-refractivity contribution in [3.8, 4) is 11.4 Å². The third kappa shape index (κ3) is 1.92. The smallest absolute Gasteiger partial charge is 0.137 e. The van der Waals surface area contributed by atoms with Gasteiger partial charge >= 0.3 is 0 Å². The number of aliphatic hydroxyl groups is 1. The minimum Gasteiger partial charge on any atom is -0.386 e. The van der Waals surface area contributed by atoms with Gasteiger partial charge in [-0.2, -0.15) is 0 Å². The first-order valence-electron chi connectivity index (χ1n) is 4.90. The second-order valence-corrected chi connectivity index (χ2v) is 4.04. The number of nitrogens with zero attached hydrogens (tertiary/aromatic N) is 1. The Hall–Kier alpha value is -1.61. The maximum Gasteiger partial charge on any atom is 0.137 e. The van der Waals surface area contributed by atoms with Crippen molar-refractivity contribution in [3.63, 3.8) is 0 Å². The van der Waals surface area contributed by atoms with E-state index in [9.17, 15) is 5.11 Å². The van der Waals surface area contributed by atoms with Crippen LogP contribution in [0.3, 0.4) is 0 Å². The SMILES string of the molecule is CC(C)(O)c1ccccc1-c1ncc[nH]1. The second-order valence-electron chi connectivity index (χ2n) is 4.04. The lowest BCUT2D eigenvalue weighted by Gasteiger charge is -2.20. The molecule has 3 heteroatoms. The van der Waals surface area contributed by atoms with E-state index >= 15 is 0 Å². The van der Waals surface area contributed by atoms with E-state index in [1.807, 2.05) is 24.3 Å². The van der Waals surface area contributed by atoms with E-state index in [2.05, 4.69) is 9.97 Å². The summed E-state index contributed by atoms with van der Waals surface area (Å²) in [4.78, 5) is 7.24. The first-order chi connectivity index (χ1) is 7.09. The highest BCUT2D eigenvalue weighted by Crippen LogP contribution is 2.29. The van der Waals surface area contributed by atoms with Gasteiger partial charge in [0.1, 0.15) is 5.82 Å². The first kappa shape index (κ1) is 9.93. The van der Waals surface area contributed by atoms with Crippen molar-refractivity contribution in [1.29, 1.82) is 0 Å². The average Bonchev–Trinajstić information content (AvgIpc) is 2.69. The quantitative estimate of drug-likeness (QED) is 0.785. The van der Waals surface area contributed by atoms with Gasteiger partial charge in [0.2, 0.25) is 0 Å². The van der Waals surface area contributed by atoms with Crippen LogP contribution in [0.4, 0.5) is 0 Å². The number of aromatic amines is 1. The Kier molecular flexibility index (Phi) is 2.32. The van der Waals surface area contributed by atoms with Crippen LogP contribution in [0.2, 0.25) is 0 Å². The van der Waals surface area contributed by atoms with E-state index in [0.29, 0.717) is 0 Å². The van der Waals surface area contributed by atoms with Gasteiger partial charge in [-0.15, -0.1) is 0 Å². The molecule has 0 spiro atoms. The van der Waals surface area contributed by atoms with Crippen molar-refractivity contribution in [2.24, 2.45) is 0 Å². The van der Waals surface area contributed by atoms with Gasteiger partial charge in [0, 0.05) is 18.0 Å². The summed E-state index contributed by atoms with van der Waals surface area (Å²) in [6.45, 7) is 3.55. The third-order valence-electron chi connectivity index (χ3n) is 2.34. The van der Waals surface area contributed by atoms with Crippen LogP contribution in [0, 0.1) is 0 Å². The summed E-state index contributed by atoms with van der Waals surface area (Å²) in [6.07, 6.45) is 3.48. The van der Waals surface area contributed by atoms with E-state index in [-0.39, 0.29) is 0 Å². The van der Waals surface area contributed by atoms with E-state index in [1.165, 1.54) is 0 Å². The monoisotopic (exact) mass is 202 g/mol. The Bertz CT molecular complexity index is 441. The van der Waals surface area contributed by atoms with Crippen molar-refractivity contribution >= 4 is 0 Å². The summed E-state index contributed by atoms with van der Waals surface area (Å²) in [7, 11) is 0. The van der Waals surface area contributed by atoms with Gasteiger partial charge in [0.15, 0.2) is 0 Å². The molecule has 0 saturated heterocycles. The molecule has 0 amide bonds. The van der Waals surface area contributed by atoms with Gasteiger partial charge in [0.25, 0.3) is 0 Å². The van der Waals surface area contributed by atoms with Crippen LogP contribution in [0.5, 0.6) is 0 Å². The largest absolute Gasteiger partial charge is 0.386 e. The molecule has 0 fully saturated rings. The summed E-state index contributed by atoms with van der Waals surface area (Å²) >= 11 is 0. The number of hydrogen-bond acceptors (Lipinski definition) is 2. The minimum absolute atomic E-state index is 0.785. The predicted molar refractivity (Wildman–Crippen MR) is 59.3 cm³/mol. The molecule has 3 nitrogen and oxygen atoms in total. The van der Waals surface area contributed by atoms with Gasteiger partial charge in [-0.3, -0.25) is 0 Å². The molecule has 0 aliphatic rings. The van der Waals surface area contributed by atoms with E-state index < -0.39 is 5.60 Å². The van der Waals surface area contributed by atoms with Crippen molar-refractivity contribution in [2.75, 3.05) is 0 Å². The Morgan fingerprint density at radius 2 is 2.00 bits per heavy atom. The topological polar surface area (TPSA) is 48.9 Å². The standard InChI is InChI=1S/C12H14N2O/c1-12(2,15)10-6-4-3-5-9(10)11-13-7-8-14-11/h3-8,15H,1-2H3,(H,13,14). The van der Waals surface area contributed by atoms with E-state index in [0.717, 1.165) is 17.0 Å². The zero-order valence-electron chi connectivity index (χ0n) is 8.86. The molecule has 1 aromatic carbocycles. The Balaban J connectivity index is 2.58. The first-order valence-corrected chi connectivity index (χ1v) is 4.90. The number of H-pyrrole nitrogens is 1. The third-order valence-corrected chi connectivity index (χ3v) is 2.34. The summed E-state index contributed by atoms with van der Waals surface area (Å²) in [5.74, 6) is 0.785. The van der Waals surface area contributed by atoms with Crippen LogP contribution in [0.25, 0.3) is 11.4 Å². The molecule has 15 heavy (non-hydrogen) atoms. The lowest BCUT2D eigenvalue weighted by molar-refractivity contribution is 0.0791. The average molecular weight is 202 g/mol. The van der Waals surface area contributed by atoms with Gasteiger partial charge < -0.3 is 10.1 Å². The normalized spacial score (nSPS) is 11.7. The van der Waals surface area contributed by atoms with Crippen molar-refractivity contribution in [3.05, 3.63) is 42.2 Å². The molecular formula is C12H14N2O. The Labute approximate surface area is 88.8 Å². The molecule has 2 aromatic rings. The Morgan fingerprint density at radius 3 is 2.60 bits per heavy atom. The molecule has 1 aromatic heterocycles. The fraction of sp³-hybridized carbons (Fsp3) is 0.250. The molecule has 0 saturated carbocycles.